The predicted octanol–water partition coefficient (Wildman–Crippen LogP) is 3.38. The number of hydrogen-bond donors (Lipinski definition) is 3. The molecule has 0 atom stereocenters. The van der Waals surface area contributed by atoms with E-state index >= 15 is 0 Å². The highest BCUT2D eigenvalue weighted by atomic mass is 79.9. The lowest BCUT2D eigenvalue weighted by atomic mass is 9.88. The maximum Gasteiger partial charge on any atom is 0.286 e. The first-order valence-electron chi connectivity index (χ1n) is 9.27. The number of hydrogen-bond acceptors (Lipinski definition) is 3. The van der Waals surface area contributed by atoms with Crippen LogP contribution in [0.1, 0.15) is 53.0 Å². The first-order valence-corrected chi connectivity index (χ1v) is 10.1. The third kappa shape index (κ3) is 5.01. The molecule has 7 nitrogen and oxygen atoms in total. The van der Waals surface area contributed by atoms with Gasteiger partial charge < -0.3 is 9.88 Å². The number of rotatable bonds is 4. The maximum atomic E-state index is 12.4. The van der Waals surface area contributed by atoms with Crippen molar-refractivity contribution in [2.45, 2.75) is 32.1 Å². The normalized spacial score (nSPS) is 14.4. The molecule has 0 aliphatic heterocycles. The Morgan fingerprint density at radius 1 is 1.04 bits per heavy atom. The molecule has 1 saturated carbocycles. The lowest BCUT2D eigenvalue weighted by Gasteiger charge is -2.20. The molecule has 0 spiro atoms. The molecule has 1 aromatic carbocycles. The monoisotopic (exact) mass is 446 g/mol. The Morgan fingerprint density at radius 2 is 1.75 bits per heavy atom. The number of hydrazine groups is 1. The number of carbonyl (C=O) groups excluding carboxylic acids is 3. The molecule has 1 heterocycles. The molecule has 1 aromatic heterocycles. The number of aryl methyl sites for hydroxylation is 1. The minimum atomic E-state index is -0.463. The van der Waals surface area contributed by atoms with Crippen molar-refractivity contribution >= 4 is 39.3 Å². The van der Waals surface area contributed by atoms with Crippen LogP contribution in [0, 0.1) is 5.92 Å². The maximum absolute atomic E-state index is 12.4. The van der Waals surface area contributed by atoms with Crippen LogP contribution < -0.4 is 16.2 Å². The molecular formula is C20H23BrN4O3. The number of amides is 3. The molecular weight excluding hydrogens is 424 g/mol. The van der Waals surface area contributed by atoms with Gasteiger partial charge >= 0.3 is 0 Å². The number of benzene rings is 1. The standard InChI is InChI=1S/C20H23BrN4O3/c1-25-12-15(21)11-17(25)20(28)24-23-19(27)14-8-5-9-16(10-14)22-18(26)13-6-3-2-4-7-13/h5,8-13H,2-4,6-7H2,1H3,(H,22,26)(H,23,27)(H,24,28). The van der Waals surface area contributed by atoms with E-state index in [1.54, 1.807) is 48.1 Å². The molecule has 3 amide bonds. The molecule has 28 heavy (non-hydrogen) atoms. The average Bonchev–Trinajstić information content (AvgIpc) is 3.05. The van der Waals surface area contributed by atoms with Crippen LogP contribution >= 0.6 is 15.9 Å². The smallest absolute Gasteiger partial charge is 0.286 e. The fraction of sp³-hybridized carbons (Fsp3) is 0.350. The molecule has 8 heteroatoms. The van der Waals surface area contributed by atoms with Crippen molar-refractivity contribution in [3.8, 4) is 0 Å². The zero-order chi connectivity index (χ0) is 20.1. The van der Waals surface area contributed by atoms with Crippen molar-refractivity contribution < 1.29 is 14.4 Å². The Hall–Kier alpha value is -2.61. The fourth-order valence-electron chi connectivity index (χ4n) is 3.35. The summed E-state index contributed by atoms with van der Waals surface area (Å²) in [4.78, 5) is 36.9. The Balaban J connectivity index is 1.58. The van der Waals surface area contributed by atoms with Gasteiger partial charge in [-0.1, -0.05) is 25.3 Å². The van der Waals surface area contributed by atoms with Gasteiger partial charge in [0, 0.05) is 34.9 Å². The molecule has 3 N–H and O–H groups in total. The minimum Gasteiger partial charge on any atom is -0.345 e. The summed E-state index contributed by atoms with van der Waals surface area (Å²) in [7, 11) is 1.74. The van der Waals surface area contributed by atoms with Crippen molar-refractivity contribution in [3.05, 3.63) is 52.3 Å². The number of carbonyl (C=O) groups is 3. The van der Waals surface area contributed by atoms with Gasteiger partial charge in [-0.3, -0.25) is 25.2 Å². The van der Waals surface area contributed by atoms with Gasteiger partial charge in [-0.25, -0.2) is 0 Å². The average molecular weight is 447 g/mol. The van der Waals surface area contributed by atoms with Crippen LogP contribution in [0.4, 0.5) is 5.69 Å². The van der Waals surface area contributed by atoms with E-state index < -0.39 is 11.8 Å². The number of nitrogens with one attached hydrogen (secondary N) is 3. The molecule has 0 unspecified atom stereocenters. The van der Waals surface area contributed by atoms with Crippen LogP contribution in [0.25, 0.3) is 0 Å². The zero-order valence-corrected chi connectivity index (χ0v) is 17.2. The van der Waals surface area contributed by atoms with Crippen molar-refractivity contribution in [3.63, 3.8) is 0 Å². The van der Waals surface area contributed by atoms with Crippen LogP contribution in [0.2, 0.25) is 0 Å². The van der Waals surface area contributed by atoms with Crippen molar-refractivity contribution in [2.75, 3.05) is 5.32 Å². The Morgan fingerprint density at radius 3 is 2.43 bits per heavy atom. The quantitative estimate of drug-likeness (QED) is 0.628. The summed E-state index contributed by atoms with van der Waals surface area (Å²) in [6, 6.07) is 8.32. The van der Waals surface area contributed by atoms with Gasteiger partial charge in [-0.05, 0) is 53.0 Å². The van der Waals surface area contributed by atoms with Crippen molar-refractivity contribution in [1.82, 2.24) is 15.4 Å². The third-order valence-corrected chi connectivity index (χ3v) is 5.30. The molecule has 1 aliphatic carbocycles. The minimum absolute atomic E-state index is 0.000143. The summed E-state index contributed by atoms with van der Waals surface area (Å²) in [5.41, 5.74) is 6.11. The largest absolute Gasteiger partial charge is 0.345 e. The molecule has 0 saturated heterocycles. The third-order valence-electron chi connectivity index (χ3n) is 4.86. The van der Waals surface area contributed by atoms with E-state index in [0.717, 1.165) is 30.2 Å². The van der Waals surface area contributed by atoms with Crippen LogP contribution in [0.5, 0.6) is 0 Å². The predicted molar refractivity (Wildman–Crippen MR) is 110 cm³/mol. The van der Waals surface area contributed by atoms with Crippen LogP contribution in [-0.4, -0.2) is 22.3 Å². The second-order valence-corrected chi connectivity index (χ2v) is 7.88. The molecule has 0 bridgehead atoms. The van der Waals surface area contributed by atoms with E-state index in [2.05, 4.69) is 32.1 Å². The zero-order valence-electron chi connectivity index (χ0n) is 15.6. The number of anilines is 1. The van der Waals surface area contributed by atoms with Gasteiger partial charge in [0.2, 0.25) is 5.91 Å². The second kappa shape index (κ2) is 9.05. The van der Waals surface area contributed by atoms with E-state index in [4.69, 9.17) is 0 Å². The van der Waals surface area contributed by atoms with E-state index in [1.165, 1.54) is 6.42 Å². The van der Waals surface area contributed by atoms with E-state index in [1.807, 2.05) is 0 Å². The highest BCUT2D eigenvalue weighted by molar-refractivity contribution is 9.10. The summed E-state index contributed by atoms with van der Waals surface area (Å²) in [5.74, 6) is -0.853. The Kier molecular flexibility index (Phi) is 6.51. The second-order valence-electron chi connectivity index (χ2n) is 6.97. The van der Waals surface area contributed by atoms with Gasteiger partial charge in [-0.2, -0.15) is 0 Å². The highest BCUT2D eigenvalue weighted by Crippen LogP contribution is 2.25. The summed E-state index contributed by atoms with van der Waals surface area (Å²) in [6.07, 6.45) is 6.91. The summed E-state index contributed by atoms with van der Waals surface area (Å²) in [6.45, 7) is 0. The summed E-state index contributed by atoms with van der Waals surface area (Å²) >= 11 is 3.30. The number of nitrogens with zero attached hydrogens (tertiary/aromatic N) is 1. The fourth-order valence-corrected chi connectivity index (χ4v) is 3.87. The first-order chi connectivity index (χ1) is 13.4. The topological polar surface area (TPSA) is 92.2 Å². The Bertz CT molecular complexity index is 887. The Labute approximate surface area is 172 Å². The summed E-state index contributed by atoms with van der Waals surface area (Å²) in [5, 5.41) is 2.89. The molecule has 1 aliphatic rings. The van der Waals surface area contributed by atoms with Crippen LogP contribution in [0.15, 0.2) is 41.0 Å². The van der Waals surface area contributed by atoms with Gasteiger partial charge in [0.25, 0.3) is 11.8 Å². The lowest BCUT2D eigenvalue weighted by Crippen LogP contribution is -2.42. The molecule has 3 rings (SSSR count). The molecule has 2 aromatic rings. The SMILES string of the molecule is Cn1cc(Br)cc1C(=O)NNC(=O)c1cccc(NC(=O)C2CCCCC2)c1. The molecule has 148 valence electrons. The molecule has 1 fully saturated rings. The molecule has 0 radical (unpaired) electrons. The van der Waals surface area contributed by atoms with Gasteiger partial charge in [0.1, 0.15) is 5.69 Å². The first kappa shape index (κ1) is 20.1. The van der Waals surface area contributed by atoms with Crippen LogP contribution in [0.3, 0.4) is 0 Å². The number of halogens is 1. The van der Waals surface area contributed by atoms with Crippen molar-refractivity contribution in [1.29, 1.82) is 0 Å². The van der Waals surface area contributed by atoms with E-state index in [0.29, 0.717) is 16.9 Å². The van der Waals surface area contributed by atoms with Gasteiger partial charge in [0.05, 0.1) is 0 Å². The van der Waals surface area contributed by atoms with Crippen LogP contribution in [-0.2, 0) is 11.8 Å². The van der Waals surface area contributed by atoms with Gasteiger partial charge in [-0.15, -0.1) is 0 Å². The van der Waals surface area contributed by atoms with Gasteiger partial charge in [0.15, 0.2) is 0 Å². The highest BCUT2D eigenvalue weighted by Gasteiger charge is 2.21. The van der Waals surface area contributed by atoms with E-state index in [9.17, 15) is 14.4 Å². The van der Waals surface area contributed by atoms with Crippen molar-refractivity contribution in [2.24, 2.45) is 13.0 Å². The lowest BCUT2D eigenvalue weighted by molar-refractivity contribution is -0.120. The van der Waals surface area contributed by atoms with E-state index in [-0.39, 0.29) is 11.8 Å². The summed E-state index contributed by atoms with van der Waals surface area (Å²) < 4.78 is 2.42. The number of aromatic nitrogens is 1.